The lowest BCUT2D eigenvalue weighted by atomic mass is 9.93. The van der Waals surface area contributed by atoms with E-state index in [4.69, 9.17) is 4.74 Å². The van der Waals surface area contributed by atoms with E-state index in [1.54, 1.807) is 42.5 Å². The Balaban J connectivity index is 2.13. The molecule has 0 radical (unpaired) electrons. The maximum absolute atomic E-state index is 12.1. The van der Waals surface area contributed by atoms with Crippen LogP contribution in [0.4, 0.5) is 0 Å². The van der Waals surface area contributed by atoms with Crippen molar-refractivity contribution in [3.05, 3.63) is 59.2 Å². The van der Waals surface area contributed by atoms with E-state index in [9.17, 15) is 14.7 Å². The fraction of sp³-hybridized carbons (Fsp3) is 0.0588. The normalized spacial score (nSPS) is 15.4. The van der Waals surface area contributed by atoms with Crippen molar-refractivity contribution in [2.45, 2.75) is 0 Å². The van der Waals surface area contributed by atoms with Gasteiger partial charge >= 0.3 is 0 Å². The fourth-order valence-corrected chi connectivity index (χ4v) is 2.37. The van der Waals surface area contributed by atoms with E-state index < -0.39 is 11.8 Å². The molecule has 22 heavy (non-hydrogen) atoms. The van der Waals surface area contributed by atoms with E-state index in [0.717, 1.165) is 0 Å². The second-order valence-electron chi connectivity index (χ2n) is 4.82. The Kier molecular flexibility index (Phi) is 3.39. The second kappa shape index (κ2) is 5.37. The molecule has 0 saturated heterocycles. The molecule has 5 nitrogen and oxygen atoms in total. The number of fused-ring (bicyclic) bond motifs is 1. The van der Waals surface area contributed by atoms with Gasteiger partial charge in [0, 0.05) is 11.1 Å². The molecule has 0 unspecified atom stereocenters. The number of methoxy groups -OCH3 is 1. The van der Waals surface area contributed by atoms with Crippen LogP contribution < -0.4 is 10.1 Å². The molecule has 0 aliphatic carbocycles. The monoisotopic (exact) mass is 295 g/mol. The van der Waals surface area contributed by atoms with Gasteiger partial charge in [0.25, 0.3) is 11.8 Å². The summed E-state index contributed by atoms with van der Waals surface area (Å²) in [6.07, 6.45) is 1.66. The van der Waals surface area contributed by atoms with Gasteiger partial charge in [-0.3, -0.25) is 14.9 Å². The molecule has 0 atom stereocenters. The van der Waals surface area contributed by atoms with Gasteiger partial charge in [-0.2, -0.15) is 0 Å². The van der Waals surface area contributed by atoms with Crippen LogP contribution in [0.1, 0.15) is 21.5 Å². The first-order valence-corrected chi connectivity index (χ1v) is 6.64. The zero-order valence-corrected chi connectivity index (χ0v) is 11.8. The summed E-state index contributed by atoms with van der Waals surface area (Å²) in [6.45, 7) is 0. The molecule has 0 spiro atoms. The lowest BCUT2D eigenvalue weighted by Gasteiger charge is -2.18. The number of benzene rings is 2. The van der Waals surface area contributed by atoms with Crippen LogP contribution in [0.3, 0.4) is 0 Å². The zero-order chi connectivity index (χ0) is 15.7. The van der Waals surface area contributed by atoms with Crippen LogP contribution in [0.2, 0.25) is 0 Å². The molecule has 0 bridgehead atoms. The molecular weight excluding hydrogens is 282 g/mol. The Hall–Kier alpha value is -3.08. The molecule has 1 aliphatic heterocycles. The standard InChI is InChI=1S/C17H13NO4/c1-22-15-9-10(6-7-14(15)19)8-13-11-4-2-3-5-12(11)16(20)18-17(13)21/h2-9,19H,1H3,(H,18,20,21). The first kappa shape index (κ1) is 13.9. The summed E-state index contributed by atoms with van der Waals surface area (Å²) in [5.41, 5.74) is 2.12. The van der Waals surface area contributed by atoms with Crippen molar-refractivity contribution in [3.63, 3.8) is 0 Å². The van der Waals surface area contributed by atoms with Crippen molar-refractivity contribution >= 4 is 23.5 Å². The van der Waals surface area contributed by atoms with Crippen LogP contribution in [0, 0.1) is 0 Å². The summed E-state index contributed by atoms with van der Waals surface area (Å²) in [6, 6.07) is 11.7. The molecule has 2 amide bonds. The maximum Gasteiger partial charge on any atom is 0.258 e. The number of carbonyl (C=O) groups is 2. The third-order valence-corrected chi connectivity index (χ3v) is 3.45. The van der Waals surface area contributed by atoms with E-state index in [-0.39, 0.29) is 5.75 Å². The summed E-state index contributed by atoms with van der Waals surface area (Å²) in [5, 5.41) is 11.9. The molecular formula is C17H13NO4. The minimum Gasteiger partial charge on any atom is -0.504 e. The molecule has 2 aromatic rings. The quantitative estimate of drug-likeness (QED) is 0.658. The summed E-state index contributed by atoms with van der Waals surface area (Å²) >= 11 is 0. The largest absolute Gasteiger partial charge is 0.504 e. The van der Waals surface area contributed by atoms with Gasteiger partial charge in [-0.1, -0.05) is 24.3 Å². The van der Waals surface area contributed by atoms with Crippen LogP contribution in [-0.2, 0) is 4.79 Å². The molecule has 3 rings (SSSR count). The predicted molar refractivity (Wildman–Crippen MR) is 81.4 cm³/mol. The zero-order valence-electron chi connectivity index (χ0n) is 11.8. The highest BCUT2D eigenvalue weighted by atomic mass is 16.5. The van der Waals surface area contributed by atoms with Gasteiger partial charge < -0.3 is 9.84 Å². The number of nitrogens with one attached hydrogen (secondary N) is 1. The molecule has 2 N–H and O–H groups in total. The number of aromatic hydroxyl groups is 1. The van der Waals surface area contributed by atoms with Crippen molar-refractivity contribution in [3.8, 4) is 11.5 Å². The van der Waals surface area contributed by atoms with Crippen LogP contribution in [0.25, 0.3) is 11.6 Å². The molecule has 1 heterocycles. The van der Waals surface area contributed by atoms with Crippen molar-refractivity contribution in [2.75, 3.05) is 7.11 Å². The summed E-state index contributed by atoms with van der Waals surface area (Å²) in [5.74, 6) is -0.514. The molecule has 0 aromatic heterocycles. The SMILES string of the molecule is COc1cc(C=C2C(=O)NC(=O)c3ccccc32)ccc1O. The summed E-state index contributed by atoms with van der Waals surface area (Å²) < 4.78 is 5.05. The molecule has 110 valence electrons. The third-order valence-electron chi connectivity index (χ3n) is 3.45. The van der Waals surface area contributed by atoms with Crippen LogP contribution >= 0.6 is 0 Å². The number of hydrogen-bond acceptors (Lipinski definition) is 4. The van der Waals surface area contributed by atoms with E-state index in [1.807, 2.05) is 0 Å². The van der Waals surface area contributed by atoms with E-state index in [2.05, 4.69) is 5.32 Å². The Morgan fingerprint density at radius 2 is 1.77 bits per heavy atom. The van der Waals surface area contributed by atoms with Gasteiger partial charge in [-0.05, 0) is 35.4 Å². The van der Waals surface area contributed by atoms with Crippen molar-refractivity contribution < 1.29 is 19.4 Å². The lowest BCUT2D eigenvalue weighted by molar-refractivity contribution is -0.114. The Labute approximate surface area is 126 Å². The number of imide groups is 1. The van der Waals surface area contributed by atoms with Gasteiger partial charge in [0.1, 0.15) is 0 Å². The maximum atomic E-state index is 12.1. The van der Waals surface area contributed by atoms with Crippen molar-refractivity contribution in [1.29, 1.82) is 0 Å². The highest BCUT2D eigenvalue weighted by molar-refractivity contribution is 6.33. The van der Waals surface area contributed by atoms with Crippen LogP contribution in [0.15, 0.2) is 42.5 Å². The number of phenolic OH excluding ortho intramolecular Hbond substituents is 1. The van der Waals surface area contributed by atoms with Crippen LogP contribution in [-0.4, -0.2) is 24.0 Å². The van der Waals surface area contributed by atoms with Crippen molar-refractivity contribution in [1.82, 2.24) is 5.32 Å². The van der Waals surface area contributed by atoms with Crippen LogP contribution in [0.5, 0.6) is 11.5 Å². The number of carbonyl (C=O) groups excluding carboxylic acids is 2. The Bertz CT molecular complexity index is 808. The van der Waals surface area contributed by atoms with Gasteiger partial charge in [0.15, 0.2) is 11.5 Å². The molecule has 0 fully saturated rings. The van der Waals surface area contributed by atoms with Crippen molar-refractivity contribution in [2.24, 2.45) is 0 Å². The molecule has 2 aromatic carbocycles. The minimum absolute atomic E-state index is 0.0216. The number of amides is 2. The average Bonchev–Trinajstić information content (AvgIpc) is 2.53. The number of hydrogen-bond donors (Lipinski definition) is 2. The third kappa shape index (κ3) is 2.33. The van der Waals surface area contributed by atoms with E-state index in [0.29, 0.717) is 28.0 Å². The molecule has 1 aliphatic rings. The number of phenols is 1. The Morgan fingerprint density at radius 1 is 1.05 bits per heavy atom. The smallest absolute Gasteiger partial charge is 0.258 e. The molecule has 5 heteroatoms. The Morgan fingerprint density at radius 3 is 2.50 bits per heavy atom. The van der Waals surface area contributed by atoms with E-state index in [1.165, 1.54) is 13.2 Å². The highest BCUT2D eigenvalue weighted by Gasteiger charge is 2.26. The average molecular weight is 295 g/mol. The lowest BCUT2D eigenvalue weighted by Crippen LogP contribution is -2.36. The first-order chi connectivity index (χ1) is 10.6. The topological polar surface area (TPSA) is 75.6 Å². The van der Waals surface area contributed by atoms with Gasteiger partial charge in [0.2, 0.25) is 0 Å². The van der Waals surface area contributed by atoms with Gasteiger partial charge in [-0.25, -0.2) is 0 Å². The number of rotatable bonds is 2. The summed E-state index contributed by atoms with van der Waals surface area (Å²) in [4.78, 5) is 23.9. The number of ether oxygens (including phenoxy) is 1. The summed E-state index contributed by atoms with van der Waals surface area (Å²) in [7, 11) is 1.45. The van der Waals surface area contributed by atoms with Gasteiger partial charge in [-0.15, -0.1) is 0 Å². The highest BCUT2D eigenvalue weighted by Crippen LogP contribution is 2.30. The van der Waals surface area contributed by atoms with Gasteiger partial charge in [0.05, 0.1) is 7.11 Å². The second-order valence-corrected chi connectivity index (χ2v) is 4.82. The first-order valence-electron chi connectivity index (χ1n) is 6.64. The minimum atomic E-state index is -0.448. The van der Waals surface area contributed by atoms with E-state index >= 15 is 0 Å². The fourth-order valence-electron chi connectivity index (χ4n) is 2.37. The molecule has 0 saturated carbocycles. The predicted octanol–water partition coefficient (Wildman–Crippen LogP) is 2.21.